The lowest BCUT2D eigenvalue weighted by atomic mass is 10.0. The fourth-order valence-electron chi connectivity index (χ4n) is 3.57. The number of aryl methyl sites for hydroxylation is 1. The van der Waals surface area contributed by atoms with Gasteiger partial charge in [-0.25, -0.2) is 9.69 Å². The molecule has 1 heterocycles. The Labute approximate surface area is 206 Å². The minimum atomic E-state index is -0.783. The maximum atomic E-state index is 13.2. The Bertz CT molecular complexity index is 1320. The first-order valence-electron chi connectivity index (χ1n) is 10.5. The summed E-state index contributed by atoms with van der Waals surface area (Å²) in [7, 11) is 0. The molecule has 0 saturated carbocycles. The quantitative estimate of drug-likeness (QED) is 0.347. The van der Waals surface area contributed by atoms with E-state index in [1.165, 1.54) is 6.08 Å². The molecule has 172 valence electrons. The highest BCUT2D eigenvalue weighted by atomic mass is 35.5. The number of benzene rings is 3. The van der Waals surface area contributed by atoms with Gasteiger partial charge in [0.25, 0.3) is 11.8 Å². The van der Waals surface area contributed by atoms with Crippen molar-refractivity contribution in [2.45, 2.75) is 20.0 Å². The predicted molar refractivity (Wildman–Crippen MR) is 132 cm³/mol. The van der Waals surface area contributed by atoms with E-state index >= 15 is 0 Å². The Morgan fingerprint density at radius 1 is 0.912 bits per heavy atom. The molecular formula is C26H20Cl2N2O4. The third-order valence-corrected chi connectivity index (χ3v) is 5.99. The Hall–Kier alpha value is -3.61. The Kier molecular flexibility index (Phi) is 7.01. The molecule has 1 saturated heterocycles. The first kappa shape index (κ1) is 23.5. The summed E-state index contributed by atoms with van der Waals surface area (Å²) in [5.41, 5.74) is 2.39. The molecule has 6 nitrogen and oxygen atoms in total. The number of barbiturate groups is 1. The fourth-order valence-corrected chi connectivity index (χ4v) is 4.00. The Balaban J connectivity index is 1.59. The van der Waals surface area contributed by atoms with Crippen molar-refractivity contribution in [2.24, 2.45) is 0 Å². The molecule has 1 aliphatic rings. The summed E-state index contributed by atoms with van der Waals surface area (Å²) in [4.78, 5) is 39.1. The number of para-hydroxylation sites is 1. The minimum absolute atomic E-state index is 0.175. The standard InChI is InChI=1S/C26H20Cl2N2O4/c1-2-17-7-4-6-10-22(17)30-25(32)19(24(31)29-26(30)33)13-16-11-12-23(21(28)14-16)34-15-18-8-3-5-9-20(18)27/h3-14H,2,15H2,1H3,(H,29,31,33)/b19-13-. The molecule has 8 heteroatoms. The van der Waals surface area contributed by atoms with Crippen LogP contribution in [0.5, 0.6) is 5.75 Å². The lowest BCUT2D eigenvalue weighted by Crippen LogP contribution is -2.54. The number of carbonyl (C=O) groups excluding carboxylic acids is 3. The average molecular weight is 495 g/mol. The van der Waals surface area contributed by atoms with Gasteiger partial charge in [0.05, 0.1) is 10.7 Å². The van der Waals surface area contributed by atoms with Gasteiger partial charge in [-0.2, -0.15) is 0 Å². The van der Waals surface area contributed by atoms with Crippen molar-refractivity contribution in [1.29, 1.82) is 0 Å². The zero-order valence-corrected chi connectivity index (χ0v) is 19.7. The number of hydrogen-bond donors (Lipinski definition) is 1. The topological polar surface area (TPSA) is 75.7 Å². The molecule has 4 amide bonds. The average Bonchev–Trinajstić information content (AvgIpc) is 2.82. The molecule has 0 radical (unpaired) electrons. The van der Waals surface area contributed by atoms with Gasteiger partial charge >= 0.3 is 6.03 Å². The maximum Gasteiger partial charge on any atom is 0.335 e. The van der Waals surface area contributed by atoms with E-state index in [1.807, 2.05) is 37.3 Å². The van der Waals surface area contributed by atoms with Gasteiger partial charge in [0, 0.05) is 10.6 Å². The number of hydrogen-bond acceptors (Lipinski definition) is 4. The van der Waals surface area contributed by atoms with Crippen molar-refractivity contribution in [3.05, 3.63) is 99.0 Å². The smallest absolute Gasteiger partial charge is 0.335 e. The van der Waals surface area contributed by atoms with Crippen molar-refractivity contribution in [1.82, 2.24) is 5.32 Å². The van der Waals surface area contributed by atoms with Crippen molar-refractivity contribution >= 4 is 52.8 Å². The molecule has 4 rings (SSSR count). The minimum Gasteiger partial charge on any atom is -0.487 e. The van der Waals surface area contributed by atoms with Crippen molar-refractivity contribution in [2.75, 3.05) is 4.90 Å². The fraction of sp³-hybridized carbons (Fsp3) is 0.115. The van der Waals surface area contributed by atoms with Crippen LogP contribution in [0, 0.1) is 0 Å². The second-order valence-electron chi connectivity index (χ2n) is 7.51. The van der Waals surface area contributed by atoms with Crippen LogP contribution in [0.15, 0.2) is 72.3 Å². The van der Waals surface area contributed by atoms with Crippen LogP contribution in [0.2, 0.25) is 10.0 Å². The third kappa shape index (κ3) is 4.83. The van der Waals surface area contributed by atoms with Crippen LogP contribution in [0.4, 0.5) is 10.5 Å². The molecule has 0 atom stereocenters. The molecule has 0 aliphatic carbocycles. The summed E-state index contributed by atoms with van der Waals surface area (Å²) in [5, 5.41) is 3.13. The molecular weight excluding hydrogens is 475 g/mol. The van der Waals surface area contributed by atoms with Crippen LogP contribution < -0.4 is 15.0 Å². The number of imide groups is 2. The normalized spacial score (nSPS) is 15.0. The summed E-state index contributed by atoms with van der Waals surface area (Å²) < 4.78 is 5.77. The molecule has 3 aromatic carbocycles. The molecule has 0 spiro atoms. The lowest BCUT2D eigenvalue weighted by molar-refractivity contribution is -0.122. The predicted octanol–water partition coefficient (Wildman–Crippen LogP) is 5.80. The first-order chi connectivity index (χ1) is 16.4. The number of nitrogens with zero attached hydrogens (tertiary/aromatic N) is 1. The van der Waals surface area contributed by atoms with Crippen molar-refractivity contribution in [3.8, 4) is 5.75 Å². The van der Waals surface area contributed by atoms with Crippen LogP contribution in [-0.2, 0) is 22.6 Å². The molecule has 0 aromatic heterocycles. The third-order valence-electron chi connectivity index (χ3n) is 5.32. The van der Waals surface area contributed by atoms with Gasteiger partial charge in [-0.05, 0) is 47.9 Å². The molecule has 3 aromatic rings. The zero-order chi connectivity index (χ0) is 24.2. The highest BCUT2D eigenvalue weighted by molar-refractivity contribution is 6.39. The van der Waals surface area contributed by atoms with E-state index < -0.39 is 17.8 Å². The highest BCUT2D eigenvalue weighted by Gasteiger charge is 2.37. The van der Waals surface area contributed by atoms with Gasteiger partial charge in [0.2, 0.25) is 0 Å². The van der Waals surface area contributed by atoms with Gasteiger partial charge in [0.15, 0.2) is 0 Å². The first-order valence-corrected chi connectivity index (χ1v) is 11.3. The second kappa shape index (κ2) is 10.1. The van der Waals surface area contributed by atoms with Crippen molar-refractivity contribution < 1.29 is 19.1 Å². The molecule has 0 unspecified atom stereocenters. The van der Waals surface area contributed by atoms with Gasteiger partial charge in [-0.15, -0.1) is 0 Å². The van der Waals surface area contributed by atoms with E-state index in [4.69, 9.17) is 27.9 Å². The summed E-state index contributed by atoms with van der Waals surface area (Å²) in [5.74, 6) is -1.04. The van der Waals surface area contributed by atoms with Gasteiger partial charge in [0.1, 0.15) is 17.9 Å². The summed E-state index contributed by atoms with van der Waals surface area (Å²) in [6, 6.07) is 18.5. The maximum absolute atomic E-state index is 13.2. The monoisotopic (exact) mass is 494 g/mol. The van der Waals surface area contributed by atoms with Crippen LogP contribution in [0.1, 0.15) is 23.6 Å². The molecule has 34 heavy (non-hydrogen) atoms. The van der Waals surface area contributed by atoms with Gasteiger partial charge in [-0.3, -0.25) is 14.9 Å². The molecule has 1 aliphatic heterocycles. The largest absolute Gasteiger partial charge is 0.487 e. The number of urea groups is 1. The molecule has 0 bridgehead atoms. The number of halogens is 2. The zero-order valence-electron chi connectivity index (χ0n) is 18.2. The van der Waals surface area contributed by atoms with E-state index in [0.29, 0.717) is 33.5 Å². The number of nitrogens with one attached hydrogen (secondary N) is 1. The number of amides is 4. The molecule has 1 fully saturated rings. The van der Waals surface area contributed by atoms with E-state index in [2.05, 4.69) is 5.32 Å². The Morgan fingerprint density at radius 2 is 1.62 bits per heavy atom. The van der Waals surface area contributed by atoms with E-state index in [9.17, 15) is 14.4 Å². The number of anilines is 1. The van der Waals surface area contributed by atoms with Crippen LogP contribution >= 0.6 is 23.2 Å². The van der Waals surface area contributed by atoms with Crippen LogP contribution in [-0.4, -0.2) is 17.8 Å². The highest BCUT2D eigenvalue weighted by Crippen LogP contribution is 2.30. The SMILES string of the molecule is CCc1ccccc1N1C(=O)NC(=O)/C(=C/c2ccc(OCc3ccccc3Cl)c(Cl)c2)C1=O. The van der Waals surface area contributed by atoms with Gasteiger partial charge < -0.3 is 4.74 Å². The van der Waals surface area contributed by atoms with Gasteiger partial charge in [-0.1, -0.05) is 72.6 Å². The number of ether oxygens (including phenoxy) is 1. The summed E-state index contributed by atoms with van der Waals surface area (Å²) in [6.07, 6.45) is 2.01. The van der Waals surface area contributed by atoms with Crippen LogP contribution in [0.25, 0.3) is 6.08 Å². The van der Waals surface area contributed by atoms with Crippen LogP contribution in [0.3, 0.4) is 0 Å². The number of rotatable bonds is 6. The second-order valence-corrected chi connectivity index (χ2v) is 8.32. The molecule has 1 N–H and O–H groups in total. The van der Waals surface area contributed by atoms with E-state index in [1.54, 1.807) is 36.4 Å². The summed E-state index contributed by atoms with van der Waals surface area (Å²) >= 11 is 12.5. The Morgan fingerprint density at radius 3 is 2.32 bits per heavy atom. The van der Waals surface area contributed by atoms with Crippen molar-refractivity contribution in [3.63, 3.8) is 0 Å². The lowest BCUT2D eigenvalue weighted by Gasteiger charge is -2.28. The van der Waals surface area contributed by atoms with E-state index in [0.717, 1.165) is 16.0 Å². The summed E-state index contributed by atoms with van der Waals surface area (Å²) in [6.45, 7) is 2.15. The van der Waals surface area contributed by atoms with E-state index in [-0.39, 0.29) is 12.2 Å². The number of carbonyl (C=O) groups is 3.